The zero-order valence-corrected chi connectivity index (χ0v) is 64.0. The standard InChI is InChI=1S/C78H144O17P2/c1-6-9-12-15-18-21-24-26-28-33-37-42-47-52-57-62-76(81)89-68-74(95-78(83)64-59-54-49-44-39-35-31-30-32-36-40-45-50-55-60-71(4)5)70-93-97(86,87)91-66-72(79)65-90-96(84,85)92-69-73(67-88-75(80)61-56-51-46-41-23-20-17-14-11-8-3)94-77(82)63-58-53-48-43-38-34-29-27-25-22-19-16-13-10-7-2/h21-22,24-29,71-74,79H,6-20,23,30-70H2,1-5H3,(H,84,85)(H,86,87)/b24-21-,25-22-,28-26-,29-27-/t72-,73+,74+/m0/s1. The fraction of sp³-hybridized carbons (Fsp3) is 0.846. The monoisotopic (exact) mass is 1410 g/mol. The van der Waals surface area contributed by atoms with E-state index in [9.17, 15) is 43.2 Å². The van der Waals surface area contributed by atoms with E-state index in [-0.39, 0.29) is 25.7 Å². The van der Waals surface area contributed by atoms with Gasteiger partial charge in [0.15, 0.2) is 12.2 Å². The molecule has 0 fully saturated rings. The molecule has 97 heavy (non-hydrogen) atoms. The number of phosphoric acid groups is 2. The molecule has 0 spiro atoms. The fourth-order valence-corrected chi connectivity index (χ4v) is 12.6. The van der Waals surface area contributed by atoms with E-state index in [1.54, 1.807) is 0 Å². The summed E-state index contributed by atoms with van der Waals surface area (Å²) in [4.78, 5) is 72.8. The molecule has 2 unspecified atom stereocenters. The fourth-order valence-electron chi connectivity index (χ4n) is 11.0. The molecule has 0 aromatic heterocycles. The van der Waals surface area contributed by atoms with Crippen LogP contribution in [0.3, 0.4) is 0 Å². The van der Waals surface area contributed by atoms with Gasteiger partial charge in [0, 0.05) is 25.7 Å². The molecule has 0 heterocycles. The molecule has 3 N–H and O–H groups in total. The van der Waals surface area contributed by atoms with E-state index in [1.165, 1.54) is 154 Å². The molecule has 0 amide bonds. The molecule has 0 aliphatic heterocycles. The Morgan fingerprint density at radius 3 is 0.845 bits per heavy atom. The second-order valence-corrected chi connectivity index (χ2v) is 30.1. The molecule has 0 saturated heterocycles. The Hall–Kier alpha value is -2.98. The van der Waals surface area contributed by atoms with Crippen LogP contribution in [0.4, 0.5) is 0 Å². The van der Waals surface area contributed by atoms with Gasteiger partial charge in [0.25, 0.3) is 0 Å². The molecule has 0 bridgehead atoms. The van der Waals surface area contributed by atoms with E-state index >= 15 is 0 Å². The van der Waals surface area contributed by atoms with E-state index < -0.39 is 97.5 Å². The summed E-state index contributed by atoms with van der Waals surface area (Å²) in [6.07, 6.45) is 65.3. The summed E-state index contributed by atoms with van der Waals surface area (Å²) in [6, 6.07) is 0. The lowest BCUT2D eigenvalue weighted by molar-refractivity contribution is -0.161. The molecular formula is C78H144O17P2. The van der Waals surface area contributed by atoms with Gasteiger partial charge in [-0.1, -0.05) is 308 Å². The molecule has 0 rings (SSSR count). The van der Waals surface area contributed by atoms with Crippen molar-refractivity contribution in [2.45, 2.75) is 380 Å². The van der Waals surface area contributed by atoms with Gasteiger partial charge in [0.05, 0.1) is 26.4 Å². The topological polar surface area (TPSA) is 237 Å². The molecule has 5 atom stereocenters. The van der Waals surface area contributed by atoms with Crippen LogP contribution in [0.1, 0.15) is 362 Å². The summed E-state index contributed by atoms with van der Waals surface area (Å²) < 4.78 is 68.5. The summed E-state index contributed by atoms with van der Waals surface area (Å²) in [5.41, 5.74) is 0. The summed E-state index contributed by atoms with van der Waals surface area (Å²) in [5.74, 6) is -1.38. The molecule has 17 nitrogen and oxygen atoms in total. The van der Waals surface area contributed by atoms with Crippen molar-refractivity contribution in [2.24, 2.45) is 5.92 Å². The molecule has 568 valence electrons. The van der Waals surface area contributed by atoms with Crippen molar-refractivity contribution in [3.63, 3.8) is 0 Å². The van der Waals surface area contributed by atoms with Crippen molar-refractivity contribution in [2.75, 3.05) is 39.6 Å². The molecule has 0 saturated carbocycles. The van der Waals surface area contributed by atoms with Crippen molar-refractivity contribution >= 4 is 39.5 Å². The van der Waals surface area contributed by atoms with Crippen molar-refractivity contribution in [3.8, 4) is 0 Å². The van der Waals surface area contributed by atoms with E-state index in [2.05, 4.69) is 83.2 Å². The molecule has 0 aliphatic carbocycles. The van der Waals surface area contributed by atoms with Crippen LogP contribution in [0, 0.1) is 5.92 Å². The summed E-state index contributed by atoms with van der Waals surface area (Å²) >= 11 is 0. The number of phosphoric ester groups is 2. The van der Waals surface area contributed by atoms with Gasteiger partial charge in [0.1, 0.15) is 19.3 Å². The van der Waals surface area contributed by atoms with Gasteiger partial charge < -0.3 is 33.8 Å². The third-order valence-corrected chi connectivity index (χ3v) is 18.9. The van der Waals surface area contributed by atoms with Crippen molar-refractivity contribution < 1.29 is 80.2 Å². The first-order chi connectivity index (χ1) is 47.0. The smallest absolute Gasteiger partial charge is 0.462 e. The Kier molecular flexibility index (Phi) is 67.9. The lowest BCUT2D eigenvalue weighted by Crippen LogP contribution is -2.30. The number of carbonyl (C=O) groups excluding carboxylic acids is 4. The lowest BCUT2D eigenvalue weighted by atomic mass is 10.0. The largest absolute Gasteiger partial charge is 0.472 e. The Labute approximate surface area is 591 Å². The van der Waals surface area contributed by atoms with Gasteiger partial charge in [-0.25, -0.2) is 9.13 Å². The molecule has 19 heteroatoms. The third-order valence-electron chi connectivity index (χ3n) is 17.0. The van der Waals surface area contributed by atoms with Crippen LogP contribution >= 0.6 is 15.6 Å². The van der Waals surface area contributed by atoms with Gasteiger partial charge in [0.2, 0.25) is 0 Å². The average molecular weight is 1420 g/mol. The maximum atomic E-state index is 13.1. The highest BCUT2D eigenvalue weighted by Gasteiger charge is 2.30. The summed E-state index contributed by atoms with van der Waals surface area (Å²) in [5, 5.41) is 10.6. The first-order valence-electron chi connectivity index (χ1n) is 39.3. The van der Waals surface area contributed by atoms with Crippen LogP contribution < -0.4 is 0 Å². The quantitative estimate of drug-likeness (QED) is 0.0169. The predicted molar refractivity (Wildman–Crippen MR) is 395 cm³/mol. The first kappa shape index (κ1) is 94.0. The van der Waals surface area contributed by atoms with Crippen molar-refractivity contribution in [1.29, 1.82) is 0 Å². The Bertz CT molecular complexity index is 2050. The summed E-state index contributed by atoms with van der Waals surface area (Å²) in [6.45, 7) is 7.18. The zero-order chi connectivity index (χ0) is 71.2. The average Bonchev–Trinajstić information content (AvgIpc) is 2.19. The Balaban J connectivity index is 5.31. The number of unbranched alkanes of at least 4 members (excludes halogenated alkanes) is 40. The van der Waals surface area contributed by atoms with Crippen LogP contribution in [0.2, 0.25) is 0 Å². The molecule has 0 aliphatic rings. The van der Waals surface area contributed by atoms with Crippen LogP contribution in [0.15, 0.2) is 48.6 Å². The predicted octanol–water partition coefficient (Wildman–Crippen LogP) is 22.4. The Morgan fingerprint density at radius 2 is 0.557 bits per heavy atom. The van der Waals surface area contributed by atoms with E-state index in [4.69, 9.17) is 37.0 Å². The van der Waals surface area contributed by atoms with Crippen molar-refractivity contribution in [3.05, 3.63) is 48.6 Å². The maximum absolute atomic E-state index is 13.1. The number of hydrogen-bond donors (Lipinski definition) is 3. The molecule has 0 aromatic carbocycles. The van der Waals surface area contributed by atoms with Gasteiger partial charge in [-0.3, -0.25) is 37.3 Å². The van der Waals surface area contributed by atoms with Gasteiger partial charge in [-0.05, 0) is 83.0 Å². The zero-order valence-electron chi connectivity index (χ0n) is 62.2. The highest BCUT2D eigenvalue weighted by Crippen LogP contribution is 2.45. The van der Waals surface area contributed by atoms with E-state index in [0.717, 1.165) is 128 Å². The number of esters is 4. The number of carbonyl (C=O) groups is 4. The minimum absolute atomic E-state index is 0.0830. The molecular weight excluding hydrogens is 1270 g/mol. The second-order valence-electron chi connectivity index (χ2n) is 27.2. The number of ether oxygens (including phenoxy) is 4. The number of allylic oxidation sites excluding steroid dienone is 8. The maximum Gasteiger partial charge on any atom is 0.472 e. The van der Waals surface area contributed by atoms with Crippen LogP contribution in [0.25, 0.3) is 0 Å². The van der Waals surface area contributed by atoms with Gasteiger partial charge in [-0.2, -0.15) is 0 Å². The van der Waals surface area contributed by atoms with Crippen LogP contribution in [-0.4, -0.2) is 96.7 Å². The number of aliphatic hydroxyl groups is 1. The number of hydrogen-bond acceptors (Lipinski definition) is 15. The number of rotatable bonds is 74. The highest BCUT2D eigenvalue weighted by molar-refractivity contribution is 7.47. The minimum Gasteiger partial charge on any atom is -0.462 e. The normalized spacial score (nSPS) is 14.2. The third kappa shape index (κ3) is 71.2. The van der Waals surface area contributed by atoms with Crippen LogP contribution in [-0.2, 0) is 65.4 Å². The SMILES string of the molecule is CCCCCC/C=C\C=C/CCCCCCCC(=O)OC[C@H](COP(=O)(O)OC[C@@H](O)COP(=O)(O)OC[C@@H](COC(=O)CCCCCCCCCCCC)OC(=O)CCCCCCC/C=C\C=C/CCCCCC)OC(=O)CCCCCCCCCCCCCCCCC(C)C. The molecule has 0 aromatic rings. The molecule has 0 radical (unpaired) electrons. The Morgan fingerprint density at radius 1 is 0.320 bits per heavy atom. The van der Waals surface area contributed by atoms with Crippen molar-refractivity contribution in [1.82, 2.24) is 0 Å². The first-order valence-corrected chi connectivity index (χ1v) is 42.3. The minimum atomic E-state index is -4.97. The van der Waals surface area contributed by atoms with Gasteiger partial charge >= 0.3 is 39.5 Å². The number of aliphatic hydroxyl groups excluding tert-OH is 1. The highest BCUT2D eigenvalue weighted by atomic mass is 31.2. The lowest BCUT2D eigenvalue weighted by Gasteiger charge is -2.21. The van der Waals surface area contributed by atoms with Crippen LogP contribution in [0.5, 0.6) is 0 Å². The van der Waals surface area contributed by atoms with E-state index in [0.29, 0.717) is 25.7 Å². The second kappa shape index (κ2) is 70.1. The summed E-state index contributed by atoms with van der Waals surface area (Å²) in [7, 11) is -9.94. The van der Waals surface area contributed by atoms with Gasteiger partial charge in [-0.15, -0.1) is 0 Å². The van der Waals surface area contributed by atoms with E-state index in [1.807, 2.05) is 0 Å².